The van der Waals surface area contributed by atoms with Crippen molar-refractivity contribution >= 4 is 28.5 Å². The molecule has 1 aromatic carbocycles. The topological polar surface area (TPSA) is 126 Å². The fourth-order valence-electron chi connectivity index (χ4n) is 2.32. The van der Waals surface area contributed by atoms with E-state index in [2.05, 4.69) is 34.6 Å². The molecule has 0 bridgehead atoms. The number of carbonyl (C=O) groups is 2. The zero-order valence-corrected chi connectivity index (χ0v) is 15.5. The summed E-state index contributed by atoms with van der Waals surface area (Å²) in [5, 5.41) is 19.7. The first-order chi connectivity index (χ1) is 14.2. The minimum Gasteiger partial charge on any atom is -0.475 e. The van der Waals surface area contributed by atoms with Crippen molar-refractivity contribution in [3.63, 3.8) is 0 Å². The minimum atomic E-state index is -5.08. The molecule has 0 amide bonds. The van der Waals surface area contributed by atoms with Crippen LogP contribution in [0.25, 0.3) is 10.8 Å². The molecule has 31 heavy (non-hydrogen) atoms. The molecule has 0 spiro atoms. The smallest absolute Gasteiger partial charge is 0.475 e. The summed E-state index contributed by atoms with van der Waals surface area (Å²) in [6.07, 6.45) is -3.05. The number of rotatable bonds is 1. The summed E-state index contributed by atoms with van der Waals surface area (Å²) in [5.41, 5.74) is 7.23. The normalized spacial score (nSPS) is 15.6. The number of alkyl halides is 6. The van der Waals surface area contributed by atoms with Crippen molar-refractivity contribution in [3.05, 3.63) is 48.3 Å². The van der Waals surface area contributed by atoms with Crippen LogP contribution in [0.15, 0.2) is 42.7 Å². The third kappa shape index (κ3) is 8.40. The van der Waals surface area contributed by atoms with Gasteiger partial charge in [-0.3, -0.25) is 0 Å². The van der Waals surface area contributed by atoms with Crippen molar-refractivity contribution in [2.24, 2.45) is 0 Å². The minimum absolute atomic E-state index is 0.486. The van der Waals surface area contributed by atoms with Gasteiger partial charge in [0.2, 0.25) is 0 Å². The molecule has 0 saturated heterocycles. The van der Waals surface area contributed by atoms with E-state index < -0.39 is 24.3 Å². The van der Waals surface area contributed by atoms with E-state index in [1.807, 2.05) is 12.3 Å². The second-order valence-electron chi connectivity index (χ2n) is 5.99. The van der Waals surface area contributed by atoms with E-state index in [1.54, 1.807) is 6.20 Å². The summed E-state index contributed by atoms with van der Waals surface area (Å²) in [5.74, 6) is -4.41. The monoisotopic (exact) mass is 453 g/mol. The van der Waals surface area contributed by atoms with Crippen LogP contribution >= 0.6 is 0 Å². The number of anilines is 1. The molecule has 7 nitrogen and oxygen atoms in total. The molecule has 1 aliphatic rings. The van der Waals surface area contributed by atoms with Gasteiger partial charge in [0.1, 0.15) is 5.82 Å². The molecule has 0 aliphatic carbocycles. The maximum atomic E-state index is 10.6. The quantitative estimate of drug-likeness (QED) is 0.486. The molecule has 3 rings (SSSR count). The summed E-state index contributed by atoms with van der Waals surface area (Å²) in [6.45, 7) is 1.03. The van der Waals surface area contributed by atoms with Gasteiger partial charge in [-0.25, -0.2) is 14.6 Å². The Morgan fingerprint density at radius 3 is 2.03 bits per heavy atom. The van der Waals surface area contributed by atoms with E-state index in [0.717, 1.165) is 23.7 Å². The Morgan fingerprint density at radius 2 is 1.58 bits per heavy atom. The number of pyridine rings is 1. The van der Waals surface area contributed by atoms with Gasteiger partial charge in [-0.05, 0) is 35.7 Å². The van der Waals surface area contributed by atoms with Crippen LogP contribution < -0.4 is 11.1 Å². The van der Waals surface area contributed by atoms with E-state index in [1.165, 1.54) is 5.56 Å². The van der Waals surface area contributed by atoms with Crippen LogP contribution in [0.5, 0.6) is 0 Å². The third-order valence-electron chi connectivity index (χ3n) is 3.78. The number of halogens is 6. The summed E-state index contributed by atoms with van der Waals surface area (Å²) < 4.78 is 63.5. The Kier molecular flexibility index (Phi) is 8.64. The van der Waals surface area contributed by atoms with Gasteiger partial charge in [-0.2, -0.15) is 26.3 Å². The first-order valence-corrected chi connectivity index (χ1v) is 8.38. The number of aromatic nitrogens is 1. The van der Waals surface area contributed by atoms with Crippen LogP contribution in [0.2, 0.25) is 0 Å². The fourth-order valence-corrected chi connectivity index (χ4v) is 2.32. The van der Waals surface area contributed by atoms with Crippen molar-refractivity contribution in [1.82, 2.24) is 10.3 Å². The molecular formula is C18H17F6N3O4. The lowest BCUT2D eigenvalue weighted by Crippen LogP contribution is -2.21. The van der Waals surface area contributed by atoms with E-state index in [9.17, 15) is 26.3 Å². The number of aliphatic carboxylic acids is 2. The highest BCUT2D eigenvalue weighted by atomic mass is 19.4. The Balaban J connectivity index is 0.000000288. The molecular weight excluding hydrogens is 436 g/mol. The molecule has 1 atom stereocenters. The van der Waals surface area contributed by atoms with E-state index >= 15 is 0 Å². The Hall–Kier alpha value is -3.51. The average Bonchev–Trinajstić information content (AvgIpc) is 2.68. The second kappa shape index (κ2) is 10.5. The number of hydrogen-bond acceptors (Lipinski definition) is 5. The summed E-state index contributed by atoms with van der Waals surface area (Å²) in [6, 6.07) is 8.46. The summed E-state index contributed by atoms with van der Waals surface area (Å²) in [4.78, 5) is 21.9. The molecule has 170 valence electrons. The lowest BCUT2D eigenvalue weighted by molar-refractivity contribution is -0.193. The highest BCUT2D eigenvalue weighted by molar-refractivity contribution is 5.91. The maximum Gasteiger partial charge on any atom is 0.490 e. The molecule has 2 aromatic rings. The van der Waals surface area contributed by atoms with Crippen LogP contribution in [-0.2, 0) is 9.59 Å². The van der Waals surface area contributed by atoms with Gasteiger partial charge in [0.05, 0.1) is 0 Å². The molecule has 2 heterocycles. The number of nitrogens with one attached hydrogen (secondary N) is 1. The third-order valence-corrected chi connectivity index (χ3v) is 3.78. The number of nitrogens with zero attached hydrogens (tertiary/aromatic N) is 1. The van der Waals surface area contributed by atoms with Gasteiger partial charge in [0.15, 0.2) is 0 Å². The van der Waals surface area contributed by atoms with Crippen LogP contribution in [0.4, 0.5) is 32.2 Å². The molecule has 0 fully saturated rings. The van der Waals surface area contributed by atoms with Crippen molar-refractivity contribution in [1.29, 1.82) is 0 Å². The van der Waals surface area contributed by atoms with Crippen LogP contribution in [0.3, 0.4) is 0 Å². The second-order valence-corrected chi connectivity index (χ2v) is 5.99. The highest BCUT2D eigenvalue weighted by Gasteiger charge is 2.38. The lowest BCUT2D eigenvalue weighted by atomic mass is 9.92. The Labute approximate surface area is 171 Å². The van der Waals surface area contributed by atoms with Gasteiger partial charge in [0.25, 0.3) is 0 Å². The zero-order valence-electron chi connectivity index (χ0n) is 15.5. The van der Waals surface area contributed by atoms with Gasteiger partial charge < -0.3 is 21.3 Å². The number of allylic oxidation sites excluding steroid dienone is 1. The van der Waals surface area contributed by atoms with Crippen molar-refractivity contribution in [2.75, 3.05) is 12.3 Å². The predicted molar refractivity (Wildman–Crippen MR) is 98.0 cm³/mol. The van der Waals surface area contributed by atoms with Crippen LogP contribution in [0, 0.1) is 0 Å². The average molecular weight is 453 g/mol. The zero-order chi connectivity index (χ0) is 23.8. The number of benzene rings is 1. The molecule has 0 radical (unpaired) electrons. The first kappa shape index (κ1) is 25.5. The largest absolute Gasteiger partial charge is 0.490 e. The molecule has 1 aliphatic heterocycles. The molecule has 1 unspecified atom stereocenters. The maximum absolute atomic E-state index is 10.6. The Bertz CT molecular complexity index is 920. The molecule has 1 aromatic heterocycles. The fraction of sp³-hybridized carbons (Fsp3) is 0.278. The van der Waals surface area contributed by atoms with Gasteiger partial charge in [0, 0.05) is 24.0 Å². The predicted octanol–water partition coefficient (Wildman–Crippen LogP) is 3.67. The van der Waals surface area contributed by atoms with Gasteiger partial charge in [-0.15, -0.1) is 0 Å². The number of fused-ring (bicyclic) bond motifs is 1. The van der Waals surface area contributed by atoms with Gasteiger partial charge in [-0.1, -0.05) is 18.2 Å². The van der Waals surface area contributed by atoms with E-state index in [0.29, 0.717) is 11.7 Å². The van der Waals surface area contributed by atoms with Crippen molar-refractivity contribution in [2.45, 2.75) is 24.7 Å². The molecule has 5 N–H and O–H groups in total. The number of hydrogen-bond donors (Lipinski definition) is 4. The Morgan fingerprint density at radius 1 is 1.03 bits per heavy atom. The molecule has 13 heteroatoms. The SMILES string of the molecule is Nc1nccc2ccc(C3C=CNCC3)cc12.O=C(O)C(F)(F)F.O=C(O)C(F)(F)F. The number of carboxylic acids is 2. The molecule has 0 saturated carbocycles. The number of carboxylic acid groups (broad SMARTS) is 2. The van der Waals surface area contributed by atoms with E-state index in [-0.39, 0.29) is 0 Å². The number of nitrogens with two attached hydrogens (primary N) is 1. The van der Waals surface area contributed by atoms with E-state index in [4.69, 9.17) is 25.5 Å². The number of nitrogen functional groups attached to an aromatic ring is 1. The lowest BCUT2D eigenvalue weighted by Gasteiger charge is -2.18. The van der Waals surface area contributed by atoms with Crippen LogP contribution in [-0.4, -0.2) is 46.0 Å². The standard InChI is InChI=1S/C14H15N3.2C2HF3O2/c15-14-13-9-12(10-3-6-16-7-4-10)2-1-11(13)5-8-17-14;2*3-2(4,5)1(6)7/h1-3,5-6,8-10,16H,4,7H2,(H2,15,17);2*(H,6,7). The summed E-state index contributed by atoms with van der Waals surface area (Å²) in [7, 11) is 0. The van der Waals surface area contributed by atoms with Crippen LogP contribution in [0.1, 0.15) is 17.9 Å². The first-order valence-electron chi connectivity index (χ1n) is 8.38. The highest BCUT2D eigenvalue weighted by Crippen LogP contribution is 2.28. The summed E-state index contributed by atoms with van der Waals surface area (Å²) >= 11 is 0. The van der Waals surface area contributed by atoms with Gasteiger partial charge >= 0.3 is 24.3 Å². The van der Waals surface area contributed by atoms with Crippen molar-refractivity contribution in [3.8, 4) is 0 Å². The van der Waals surface area contributed by atoms with Crippen molar-refractivity contribution < 1.29 is 46.1 Å².